The van der Waals surface area contributed by atoms with E-state index in [9.17, 15) is 4.79 Å². The minimum absolute atomic E-state index is 0.0269. The third-order valence-corrected chi connectivity index (χ3v) is 6.57. The molecule has 0 saturated heterocycles. The lowest BCUT2D eigenvalue weighted by molar-refractivity contribution is 0.140. The SMILES string of the molecule is CCCn1nnnc1CSc1nc2sc(C)c(C)c2c(=O)n1CCCOCC. The van der Waals surface area contributed by atoms with Crippen LogP contribution in [0.4, 0.5) is 0 Å². The van der Waals surface area contributed by atoms with Gasteiger partial charge in [0.05, 0.1) is 11.1 Å². The number of hydrogen-bond acceptors (Lipinski definition) is 8. The predicted molar refractivity (Wildman–Crippen MR) is 112 cm³/mol. The first-order valence-corrected chi connectivity index (χ1v) is 11.3. The fourth-order valence-electron chi connectivity index (χ4n) is 2.93. The molecule has 3 heterocycles. The van der Waals surface area contributed by atoms with Gasteiger partial charge in [0.1, 0.15) is 4.83 Å². The van der Waals surface area contributed by atoms with Crippen molar-refractivity contribution in [1.29, 1.82) is 0 Å². The lowest BCUT2D eigenvalue weighted by Gasteiger charge is -2.12. The van der Waals surface area contributed by atoms with Crippen LogP contribution >= 0.6 is 23.1 Å². The Balaban J connectivity index is 1.92. The number of rotatable bonds is 10. The molecule has 28 heavy (non-hydrogen) atoms. The molecule has 0 bridgehead atoms. The molecule has 0 aliphatic rings. The molecule has 152 valence electrons. The molecular formula is C18H26N6O2S2. The van der Waals surface area contributed by atoms with Crippen molar-refractivity contribution < 1.29 is 4.74 Å². The Morgan fingerprint density at radius 2 is 2.04 bits per heavy atom. The average Bonchev–Trinajstić information content (AvgIpc) is 3.23. The molecule has 0 fully saturated rings. The summed E-state index contributed by atoms with van der Waals surface area (Å²) in [5, 5.41) is 13.4. The van der Waals surface area contributed by atoms with Gasteiger partial charge in [-0.2, -0.15) is 0 Å². The molecule has 0 N–H and O–H groups in total. The molecule has 0 saturated carbocycles. The Morgan fingerprint density at radius 1 is 1.21 bits per heavy atom. The second-order valence-corrected chi connectivity index (χ2v) is 8.62. The van der Waals surface area contributed by atoms with Crippen LogP contribution in [0.2, 0.25) is 0 Å². The highest BCUT2D eigenvalue weighted by Gasteiger charge is 2.17. The fraction of sp³-hybridized carbons (Fsp3) is 0.611. The minimum atomic E-state index is 0.0269. The number of hydrogen-bond donors (Lipinski definition) is 0. The van der Waals surface area contributed by atoms with Crippen LogP contribution in [0.1, 0.15) is 43.0 Å². The van der Waals surface area contributed by atoms with E-state index in [0.29, 0.717) is 30.7 Å². The first-order valence-electron chi connectivity index (χ1n) is 9.52. The van der Waals surface area contributed by atoms with Gasteiger partial charge in [-0.05, 0) is 49.6 Å². The van der Waals surface area contributed by atoms with Gasteiger partial charge in [0.25, 0.3) is 5.56 Å². The molecule has 3 aromatic rings. The third kappa shape index (κ3) is 4.44. The van der Waals surface area contributed by atoms with Gasteiger partial charge < -0.3 is 4.74 Å². The number of aromatic nitrogens is 6. The molecule has 0 aromatic carbocycles. The molecule has 0 spiro atoms. The van der Waals surface area contributed by atoms with Crippen molar-refractivity contribution in [3.63, 3.8) is 0 Å². The summed E-state index contributed by atoms with van der Waals surface area (Å²) in [5.41, 5.74) is 1.05. The van der Waals surface area contributed by atoms with E-state index in [4.69, 9.17) is 9.72 Å². The Morgan fingerprint density at radius 3 is 2.79 bits per heavy atom. The Labute approximate surface area is 172 Å². The van der Waals surface area contributed by atoms with Crippen molar-refractivity contribution in [1.82, 2.24) is 29.8 Å². The van der Waals surface area contributed by atoms with Gasteiger partial charge in [-0.25, -0.2) is 9.67 Å². The molecule has 0 aliphatic carbocycles. The van der Waals surface area contributed by atoms with E-state index in [1.807, 2.05) is 25.5 Å². The van der Waals surface area contributed by atoms with E-state index >= 15 is 0 Å². The van der Waals surface area contributed by atoms with Gasteiger partial charge in [0, 0.05) is 31.2 Å². The van der Waals surface area contributed by atoms with Gasteiger partial charge >= 0.3 is 0 Å². The zero-order valence-electron chi connectivity index (χ0n) is 16.8. The van der Waals surface area contributed by atoms with Crippen molar-refractivity contribution in [2.24, 2.45) is 0 Å². The number of ether oxygens (including phenoxy) is 1. The second-order valence-electron chi connectivity index (χ2n) is 6.47. The van der Waals surface area contributed by atoms with Crippen LogP contribution in [-0.4, -0.2) is 43.0 Å². The molecule has 0 radical (unpaired) electrons. The highest BCUT2D eigenvalue weighted by Crippen LogP contribution is 2.29. The topological polar surface area (TPSA) is 87.7 Å². The Bertz CT molecular complexity index is 994. The van der Waals surface area contributed by atoms with Crippen LogP contribution in [0, 0.1) is 13.8 Å². The van der Waals surface area contributed by atoms with E-state index in [-0.39, 0.29) is 5.56 Å². The summed E-state index contributed by atoms with van der Waals surface area (Å²) < 4.78 is 9.03. The smallest absolute Gasteiger partial charge is 0.263 e. The second kappa shape index (κ2) is 9.62. The van der Waals surface area contributed by atoms with E-state index in [1.165, 1.54) is 11.8 Å². The maximum atomic E-state index is 13.2. The predicted octanol–water partition coefficient (Wildman–Crippen LogP) is 3.19. The van der Waals surface area contributed by atoms with Crippen LogP contribution in [0.5, 0.6) is 0 Å². The van der Waals surface area contributed by atoms with Gasteiger partial charge in [0.15, 0.2) is 11.0 Å². The molecule has 0 aliphatic heterocycles. The fourth-order valence-corrected chi connectivity index (χ4v) is 4.95. The standard InChI is InChI=1S/C18H26N6O2S2/c1-5-8-24-14(20-21-22-24)11-27-18-19-16-15(12(3)13(4)28-16)17(25)23(18)9-7-10-26-6-2/h5-11H2,1-4H3. The monoisotopic (exact) mass is 422 g/mol. The number of thioether (sulfide) groups is 1. The first kappa shape index (κ1) is 20.9. The summed E-state index contributed by atoms with van der Waals surface area (Å²) in [6.07, 6.45) is 1.73. The molecule has 0 atom stereocenters. The van der Waals surface area contributed by atoms with E-state index < -0.39 is 0 Å². The van der Waals surface area contributed by atoms with Crippen LogP contribution < -0.4 is 5.56 Å². The minimum Gasteiger partial charge on any atom is -0.382 e. The maximum absolute atomic E-state index is 13.2. The van der Waals surface area contributed by atoms with E-state index in [2.05, 4.69) is 22.4 Å². The lowest BCUT2D eigenvalue weighted by atomic mass is 10.2. The van der Waals surface area contributed by atoms with E-state index in [1.54, 1.807) is 15.9 Å². The van der Waals surface area contributed by atoms with Crippen molar-refractivity contribution in [3.8, 4) is 0 Å². The number of tetrazole rings is 1. The van der Waals surface area contributed by atoms with Gasteiger partial charge in [0.2, 0.25) is 0 Å². The zero-order chi connectivity index (χ0) is 20.1. The molecule has 10 heteroatoms. The van der Waals surface area contributed by atoms with Crippen molar-refractivity contribution >= 4 is 33.3 Å². The summed E-state index contributed by atoms with van der Waals surface area (Å²) in [7, 11) is 0. The van der Waals surface area contributed by atoms with Crippen LogP contribution in [0.3, 0.4) is 0 Å². The summed E-state index contributed by atoms with van der Waals surface area (Å²) in [5.74, 6) is 1.36. The molecule has 0 unspecified atom stereocenters. The summed E-state index contributed by atoms with van der Waals surface area (Å²) >= 11 is 3.08. The van der Waals surface area contributed by atoms with Crippen LogP contribution in [-0.2, 0) is 23.6 Å². The molecule has 3 aromatic heterocycles. The number of aryl methyl sites for hydroxylation is 3. The largest absolute Gasteiger partial charge is 0.382 e. The summed E-state index contributed by atoms with van der Waals surface area (Å²) in [6, 6.07) is 0. The normalized spacial score (nSPS) is 11.6. The van der Waals surface area contributed by atoms with Crippen molar-refractivity contribution in [2.75, 3.05) is 13.2 Å². The number of thiophene rings is 1. The van der Waals surface area contributed by atoms with Crippen molar-refractivity contribution in [3.05, 3.63) is 26.6 Å². The molecular weight excluding hydrogens is 396 g/mol. The van der Waals surface area contributed by atoms with Crippen LogP contribution in [0.25, 0.3) is 10.2 Å². The number of fused-ring (bicyclic) bond motifs is 1. The molecule has 8 nitrogen and oxygen atoms in total. The molecule has 3 rings (SSSR count). The summed E-state index contributed by atoms with van der Waals surface area (Å²) in [4.78, 5) is 20.0. The van der Waals surface area contributed by atoms with Crippen LogP contribution in [0.15, 0.2) is 9.95 Å². The Hall–Kier alpha value is -1.78. The average molecular weight is 423 g/mol. The quantitative estimate of drug-likeness (QED) is 0.282. The highest BCUT2D eigenvalue weighted by atomic mass is 32.2. The lowest BCUT2D eigenvalue weighted by Crippen LogP contribution is -2.24. The van der Waals surface area contributed by atoms with E-state index in [0.717, 1.165) is 45.9 Å². The first-order chi connectivity index (χ1) is 13.6. The molecule has 0 amide bonds. The van der Waals surface area contributed by atoms with Crippen molar-refractivity contribution in [2.45, 2.75) is 64.5 Å². The summed E-state index contributed by atoms with van der Waals surface area (Å²) in [6.45, 7) is 10.8. The third-order valence-electron chi connectivity index (χ3n) is 4.50. The van der Waals surface area contributed by atoms with Gasteiger partial charge in [-0.3, -0.25) is 9.36 Å². The van der Waals surface area contributed by atoms with Gasteiger partial charge in [-0.15, -0.1) is 16.4 Å². The Kier molecular flexibility index (Phi) is 7.19. The van der Waals surface area contributed by atoms with Gasteiger partial charge in [-0.1, -0.05) is 18.7 Å². The zero-order valence-corrected chi connectivity index (χ0v) is 18.4. The highest BCUT2D eigenvalue weighted by molar-refractivity contribution is 7.98. The maximum Gasteiger partial charge on any atom is 0.263 e. The number of nitrogens with zero attached hydrogens (tertiary/aromatic N) is 6.